The SMILES string of the molecule is CCO/N=C(\CC)C1=C(O)CC(c2c(C)cc(C)cc2C)CC1=O.[CH]1CC1. The van der Waals surface area contributed by atoms with Gasteiger partial charge in [-0.05, 0) is 76.0 Å². The van der Waals surface area contributed by atoms with Crippen molar-refractivity contribution in [3.05, 3.63) is 52.1 Å². The number of rotatable bonds is 5. The number of oxime groups is 1. The van der Waals surface area contributed by atoms with Crippen molar-refractivity contribution in [3.63, 3.8) is 0 Å². The van der Waals surface area contributed by atoms with Gasteiger partial charge in [0.25, 0.3) is 0 Å². The van der Waals surface area contributed by atoms with Crippen molar-refractivity contribution in [2.24, 2.45) is 5.16 Å². The second kappa shape index (κ2) is 9.72. The Morgan fingerprint density at radius 1 is 1.15 bits per heavy atom. The Labute approximate surface area is 163 Å². The van der Waals surface area contributed by atoms with Gasteiger partial charge in [-0.15, -0.1) is 0 Å². The highest BCUT2D eigenvalue weighted by Gasteiger charge is 2.32. The van der Waals surface area contributed by atoms with Crippen molar-refractivity contribution in [2.45, 2.75) is 72.6 Å². The van der Waals surface area contributed by atoms with Crippen LogP contribution in [0.1, 0.15) is 74.1 Å². The number of ketones is 1. The first-order valence-electron chi connectivity index (χ1n) is 9.92. The molecular weight excluding hydrogens is 338 g/mol. The summed E-state index contributed by atoms with van der Waals surface area (Å²) in [6.07, 6.45) is 6.42. The summed E-state index contributed by atoms with van der Waals surface area (Å²) in [5.41, 5.74) is 5.65. The second-order valence-corrected chi connectivity index (χ2v) is 7.34. The number of carbonyl (C=O) groups excluding carboxylic acids is 1. The molecule has 2 aliphatic rings. The molecule has 0 aliphatic heterocycles. The summed E-state index contributed by atoms with van der Waals surface area (Å²) in [7, 11) is 0. The number of allylic oxidation sites excluding steroid dienone is 2. The molecule has 1 fully saturated rings. The van der Waals surface area contributed by atoms with Gasteiger partial charge in [-0.2, -0.15) is 0 Å². The number of benzene rings is 1. The Bertz CT molecular complexity index is 718. The van der Waals surface area contributed by atoms with Gasteiger partial charge in [-0.25, -0.2) is 0 Å². The van der Waals surface area contributed by atoms with Crippen molar-refractivity contribution >= 4 is 11.5 Å². The zero-order valence-electron chi connectivity index (χ0n) is 17.3. The van der Waals surface area contributed by atoms with Gasteiger partial charge in [0, 0.05) is 12.8 Å². The first-order valence-corrected chi connectivity index (χ1v) is 9.92. The van der Waals surface area contributed by atoms with E-state index in [1.807, 2.05) is 13.8 Å². The molecule has 1 aromatic carbocycles. The Balaban J connectivity index is 0.000000789. The van der Waals surface area contributed by atoms with E-state index < -0.39 is 0 Å². The van der Waals surface area contributed by atoms with Gasteiger partial charge < -0.3 is 9.94 Å². The van der Waals surface area contributed by atoms with Gasteiger partial charge in [0.2, 0.25) is 0 Å². The van der Waals surface area contributed by atoms with Gasteiger partial charge in [-0.1, -0.05) is 29.8 Å². The summed E-state index contributed by atoms with van der Waals surface area (Å²) in [4.78, 5) is 17.8. The molecule has 1 radical (unpaired) electrons. The maximum Gasteiger partial charge on any atom is 0.168 e. The molecule has 3 rings (SSSR count). The lowest BCUT2D eigenvalue weighted by molar-refractivity contribution is -0.116. The highest BCUT2D eigenvalue weighted by molar-refractivity contribution is 6.23. The van der Waals surface area contributed by atoms with Crippen LogP contribution in [0, 0.1) is 27.2 Å². The number of hydrogen-bond acceptors (Lipinski definition) is 4. The van der Waals surface area contributed by atoms with E-state index in [1.165, 1.54) is 35.1 Å². The van der Waals surface area contributed by atoms with E-state index in [9.17, 15) is 9.90 Å². The molecule has 0 heterocycles. The summed E-state index contributed by atoms with van der Waals surface area (Å²) in [6.45, 7) is 10.4. The fraction of sp³-hybridized carbons (Fsp3) is 0.522. The van der Waals surface area contributed by atoms with Crippen LogP contribution >= 0.6 is 0 Å². The normalized spacial score (nSPS) is 19.5. The molecule has 1 saturated carbocycles. The van der Waals surface area contributed by atoms with E-state index in [-0.39, 0.29) is 17.5 Å². The smallest absolute Gasteiger partial charge is 0.168 e. The molecule has 1 aromatic rings. The third-order valence-corrected chi connectivity index (χ3v) is 4.80. The van der Waals surface area contributed by atoms with Crippen LogP contribution in [0.5, 0.6) is 0 Å². The van der Waals surface area contributed by atoms with Crippen molar-refractivity contribution in [3.8, 4) is 0 Å². The molecule has 1 N–H and O–H groups in total. The number of aryl methyl sites for hydroxylation is 3. The molecule has 0 spiro atoms. The first-order chi connectivity index (χ1) is 12.9. The maximum atomic E-state index is 12.7. The third-order valence-electron chi connectivity index (χ3n) is 4.80. The monoisotopic (exact) mass is 370 g/mol. The molecule has 0 aromatic heterocycles. The maximum absolute atomic E-state index is 12.7. The van der Waals surface area contributed by atoms with Crippen LogP contribution in [0.3, 0.4) is 0 Å². The van der Waals surface area contributed by atoms with Crippen LogP contribution in [0.15, 0.2) is 28.6 Å². The van der Waals surface area contributed by atoms with Crippen LogP contribution in [0.25, 0.3) is 0 Å². The van der Waals surface area contributed by atoms with Gasteiger partial charge in [-0.3, -0.25) is 4.79 Å². The standard InChI is InChI=1S/C20H27NO3.C3H5/c1-6-16(21-24-7-2)20-17(22)10-15(11-18(20)23)19-13(4)8-12(3)9-14(19)5;1-2-3-1/h8-9,15,22H,6-7,10-11H2,1-5H3;1H,2-3H2/b21-16+;. The second-order valence-electron chi connectivity index (χ2n) is 7.34. The zero-order valence-corrected chi connectivity index (χ0v) is 17.3. The molecule has 27 heavy (non-hydrogen) atoms. The van der Waals surface area contributed by atoms with Crippen molar-refractivity contribution in [2.75, 3.05) is 6.61 Å². The lowest BCUT2D eigenvalue weighted by Crippen LogP contribution is -2.24. The van der Waals surface area contributed by atoms with E-state index >= 15 is 0 Å². The molecule has 4 nitrogen and oxygen atoms in total. The Morgan fingerprint density at radius 3 is 2.19 bits per heavy atom. The minimum Gasteiger partial charge on any atom is -0.511 e. The summed E-state index contributed by atoms with van der Waals surface area (Å²) in [5.74, 6) is 0.103. The lowest BCUT2D eigenvalue weighted by atomic mass is 9.78. The number of aliphatic hydroxyl groups excluding tert-OH is 1. The largest absolute Gasteiger partial charge is 0.511 e. The molecule has 2 aliphatic carbocycles. The van der Waals surface area contributed by atoms with Crippen LogP contribution in [0.4, 0.5) is 0 Å². The Kier molecular flexibility index (Phi) is 7.64. The van der Waals surface area contributed by atoms with Gasteiger partial charge in [0.05, 0.1) is 11.3 Å². The first kappa shape index (κ1) is 21.2. The molecule has 4 heteroatoms. The molecule has 147 valence electrons. The predicted molar refractivity (Wildman–Crippen MR) is 110 cm³/mol. The van der Waals surface area contributed by atoms with Crippen LogP contribution < -0.4 is 0 Å². The van der Waals surface area contributed by atoms with E-state index in [0.717, 1.165) is 0 Å². The number of aliphatic hydroxyl groups is 1. The van der Waals surface area contributed by atoms with Gasteiger partial charge in [0.15, 0.2) is 5.78 Å². The van der Waals surface area contributed by atoms with E-state index in [1.54, 1.807) is 0 Å². The van der Waals surface area contributed by atoms with E-state index in [4.69, 9.17) is 4.84 Å². The van der Waals surface area contributed by atoms with E-state index in [0.29, 0.717) is 37.2 Å². The minimum atomic E-state index is -0.0524. The zero-order chi connectivity index (χ0) is 20.0. The fourth-order valence-corrected chi connectivity index (χ4v) is 3.69. The summed E-state index contributed by atoms with van der Waals surface area (Å²) < 4.78 is 0. The summed E-state index contributed by atoms with van der Waals surface area (Å²) >= 11 is 0. The van der Waals surface area contributed by atoms with E-state index in [2.05, 4.69) is 44.5 Å². The third kappa shape index (κ3) is 5.69. The topological polar surface area (TPSA) is 58.9 Å². The predicted octanol–water partition coefficient (Wildman–Crippen LogP) is 5.66. The average molecular weight is 371 g/mol. The Morgan fingerprint density at radius 2 is 1.74 bits per heavy atom. The van der Waals surface area contributed by atoms with Crippen LogP contribution in [-0.2, 0) is 9.63 Å². The van der Waals surface area contributed by atoms with Gasteiger partial charge in [0.1, 0.15) is 12.4 Å². The van der Waals surface area contributed by atoms with Crippen LogP contribution in [0.2, 0.25) is 0 Å². The van der Waals surface area contributed by atoms with Crippen molar-refractivity contribution in [1.29, 1.82) is 0 Å². The number of nitrogens with zero attached hydrogens (tertiary/aromatic N) is 1. The quantitative estimate of drug-likeness (QED) is 0.537. The van der Waals surface area contributed by atoms with Gasteiger partial charge >= 0.3 is 0 Å². The highest BCUT2D eigenvalue weighted by Crippen LogP contribution is 2.37. The minimum absolute atomic E-state index is 0.0204. The fourth-order valence-electron chi connectivity index (χ4n) is 3.69. The molecule has 0 amide bonds. The number of carbonyl (C=O) groups is 1. The lowest BCUT2D eigenvalue weighted by Gasteiger charge is -2.27. The highest BCUT2D eigenvalue weighted by atomic mass is 16.6. The van der Waals surface area contributed by atoms with Crippen molar-refractivity contribution < 1.29 is 14.7 Å². The van der Waals surface area contributed by atoms with Crippen molar-refractivity contribution in [1.82, 2.24) is 0 Å². The Hall–Kier alpha value is -2.10. The summed E-state index contributed by atoms with van der Waals surface area (Å²) in [6, 6.07) is 4.27. The molecule has 0 saturated heterocycles. The molecular formula is C23H32NO3. The average Bonchev–Trinajstić information content (AvgIpc) is 3.45. The molecule has 1 atom stereocenters. The molecule has 1 unspecified atom stereocenters. The molecule has 0 bridgehead atoms. The van der Waals surface area contributed by atoms with Crippen LogP contribution in [-0.4, -0.2) is 23.2 Å². The number of hydrogen-bond donors (Lipinski definition) is 1. The summed E-state index contributed by atoms with van der Waals surface area (Å²) in [5, 5.41) is 14.5. The number of Topliss-reactive ketones (excluding diaryl/α,β-unsaturated/α-hetero) is 1.